The summed E-state index contributed by atoms with van der Waals surface area (Å²) in [6.07, 6.45) is 0. The Balaban J connectivity index is 1.44. The lowest BCUT2D eigenvalue weighted by molar-refractivity contribution is -0.114. The quantitative estimate of drug-likeness (QED) is 0.515. The largest absolute Gasteiger partial charge is 0.490 e. The van der Waals surface area contributed by atoms with Crippen LogP contribution in [0, 0.1) is 13.8 Å². The van der Waals surface area contributed by atoms with Crippen LogP contribution in [0.1, 0.15) is 11.1 Å². The van der Waals surface area contributed by atoms with E-state index in [9.17, 15) is 4.79 Å². The average Bonchev–Trinajstić information content (AvgIpc) is 2.70. The molecule has 0 bridgehead atoms. The van der Waals surface area contributed by atoms with Gasteiger partial charge in [0.15, 0.2) is 0 Å². The van der Waals surface area contributed by atoms with Gasteiger partial charge >= 0.3 is 0 Å². The van der Waals surface area contributed by atoms with E-state index in [0.717, 1.165) is 22.6 Å². The Morgan fingerprint density at radius 3 is 2.14 bits per heavy atom. The van der Waals surface area contributed by atoms with Crippen LogP contribution in [0.3, 0.4) is 0 Å². The number of aryl methyl sites for hydroxylation is 2. The monoisotopic (exact) mass is 390 g/mol. The van der Waals surface area contributed by atoms with Crippen molar-refractivity contribution in [3.63, 3.8) is 0 Å². The Morgan fingerprint density at radius 1 is 0.759 bits per heavy atom. The number of para-hydroxylation sites is 1. The number of ether oxygens (including phenoxy) is 2. The predicted molar refractivity (Wildman–Crippen MR) is 117 cm³/mol. The SMILES string of the molecule is Cc1cc(C)cc(NCC(=O)Nc2cccc(OCCOc3ccccc3)c2)c1. The summed E-state index contributed by atoms with van der Waals surface area (Å²) >= 11 is 0. The molecule has 0 fully saturated rings. The van der Waals surface area contributed by atoms with Crippen molar-refractivity contribution in [2.24, 2.45) is 0 Å². The third-order valence-electron chi connectivity index (χ3n) is 4.16. The molecule has 0 saturated heterocycles. The smallest absolute Gasteiger partial charge is 0.243 e. The molecule has 0 spiro atoms. The molecule has 0 saturated carbocycles. The van der Waals surface area contributed by atoms with Crippen molar-refractivity contribution >= 4 is 17.3 Å². The summed E-state index contributed by atoms with van der Waals surface area (Å²) in [6, 6.07) is 23.1. The summed E-state index contributed by atoms with van der Waals surface area (Å²) in [5, 5.41) is 6.04. The van der Waals surface area contributed by atoms with Crippen molar-refractivity contribution in [3.8, 4) is 11.5 Å². The van der Waals surface area contributed by atoms with Gasteiger partial charge in [-0.2, -0.15) is 0 Å². The molecule has 3 aromatic carbocycles. The highest BCUT2D eigenvalue weighted by Gasteiger charge is 2.05. The minimum Gasteiger partial charge on any atom is -0.490 e. The minimum atomic E-state index is -0.117. The first-order chi connectivity index (χ1) is 14.1. The Labute approximate surface area is 171 Å². The summed E-state index contributed by atoms with van der Waals surface area (Å²) in [5.41, 5.74) is 3.95. The molecule has 29 heavy (non-hydrogen) atoms. The molecule has 1 amide bonds. The summed E-state index contributed by atoms with van der Waals surface area (Å²) in [7, 11) is 0. The zero-order valence-corrected chi connectivity index (χ0v) is 16.8. The van der Waals surface area contributed by atoms with Gasteiger partial charge < -0.3 is 20.1 Å². The standard InChI is InChI=1S/C24H26N2O3/c1-18-13-19(2)15-21(14-18)25-17-24(27)26-20-7-6-10-23(16-20)29-12-11-28-22-8-4-3-5-9-22/h3-10,13-16,25H,11-12,17H2,1-2H3,(H,26,27). The zero-order valence-electron chi connectivity index (χ0n) is 16.8. The second-order valence-electron chi connectivity index (χ2n) is 6.82. The van der Waals surface area contributed by atoms with E-state index < -0.39 is 0 Å². The lowest BCUT2D eigenvalue weighted by atomic mass is 10.1. The van der Waals surface area contributed by atoms with Gasteiger partial charge in [0.1, 0.15) is 24.7 Å². The topological polar surface area (TPSA) is 59.6 Å². The van der Waals surface area contributed by atoms with E-state index in [-0.39, 0.29) is 12.5 Å². The van der Waals surface area contributed by atoms with Gasteiger partial charge in [0, 0.05) is 17.4 Å². The summed E-state index contributed by atoms with van der Waals surface area (Å²) in [4.78, 5) is 12.2. The number of hydrogen-bond acceptors (Lipinski definition) is 4. The second kappa shape index (κ2) is 10.2. The molecule has 5 heteroatoms. The van der Waals surface area contributed by atoms with E-state index in [1.165, 1.54) is 0 Å². The maximum atomic E-state index is 12.2. The fourth-order valence-corrected chi connectivity index (χ4v) is 2.96. The van der Waals surface area contributed by atoms with E-state index in [0.29, 0.717) is 24.7 Å². The van der Waals surface area contributed by atoms with E-state index in [1.54, 1.807) is 6.07 Å². The molecule has 150 valence electrons. The minimum absolute atomic E-state index is 0.117. The number of benzene rings is 3. The molecule has 3 aromatic rings. The number of carbonyl (C=O) groups is 1. The van der Waals surface area contributed by atoms with Gasteiger partial charge in [0.05, 0.1) is 6.54 Å². The zero-order chi connectivity index (χ0) is 20.5. The molecule has 0 atom stereocenters. The molecular formula is C24H26N2O3. The maximum absolute atomic E-state index is 12.2. The lowest BCUT2D eigenvalue weighted by Crippen LogP contribution is -2.21. The van der Waals surface area contributed by atoms with Crippen LogP contribution in [0.15, 0.2) is 72.8 Å². The van der Waals surface area contributed by atoms with Crippen molar-refractivity contribution in [2.75, 3.05) is 30.4 Å². The second-order valence-corrected chi connectivity index (χ2v) is 6.82. The number of carbonyl (C=O) groups excluding carboxylic acids is 1. The van der Waals surface area contributed by atoms with Crippen LogP contribution in [0.4, 0.5) is 11.4 Å². The maximum Gasteiger partial charge on any atom is 0.243 e. The van der Waals surface area contributed by atoms with Crippen LogP contribution in [-0.2, 0) is 4.79 Å². The Morgan fingerprint density at radius 2 is 1.41 bits per heavy atom. The van der Waals surface area contributed by atoms with Crippen LogP contribution in [0.5, 0.6) is 11.5 Å². The van der Waals surface area contributed by atoms with E-state index >= 15 is 0 Å². The molecule has 2 N–H and O–H groups in total. The average molecular weight is 390 g/mol. The van der Waals surface area contributed by atoms with Crippen molar-refractivity contribution in [3.05, 3.63) is 83.9 Å². The molecular weight excluding hydrogens is 364 g/mol. The fraction of sp³-hybridized carbons (Fsp3) is 0.208. The molecule has 0 aliphatic carbocycles. The molecule has 0 radical (unpaired) electrons. The predicted octanol–water partition coefficient (Wildman–Crippen LogP) is 4.81. The highest BCUT2D eigenvalue weighted by molar-refractivity contribution is 5.93. The Hall–Kier alpha value is -3.47. The number of amides is 1. The number of hydrogen-bond donors (Lipinski definition) is 2. The van der Waals surface area contributed by atoms with E-state index in [2.05, 4.69) is 16.7 Å². The van der Waals surface area contributed by atoms with E-state index in [1.807, 2.05) is 74.5 Å². The van der Waals surface area contributed by atoms with Gasteiger partial charge in [-0.25, -0.2) is 0 Å². The molecule has 3 rings (SSSR count). The summed E-state index contributed by atoms with van der Waals surface area (Å²) in [6.45, 7) is 5.13. The first-order valence-electron chi connectivity index (χ1n) is 9.61. The van der Waals surface area contributed by atoms with Gasteiger partial charge in [-0.1, -0.05) is 30.3 Å². The van der Waals surface area contributed by atoms with Crippen LogP contribution in [0.2, 0.25) is 0 Å². The van der Waals surface area contributed by atoms with Gasteiger partial charge in [0.25, 0.3) is 0 Å². The molecule has 0 heterocycles. The third-order valence-corrected chi connectivity index (χ3v) is 4.16. The third kappa shape index (κ3) is 6.88. The molecule has 0 aliphatic heterocycles. The first kappa shape index (κ1) is 20.3. The van der Waals surface area contributed by atoms with Gasteiger partial charge in [-0.3, -0.25) is 4.79 Å². The summed E-state index contributed by atoms with van der Waals surface area (Å²) in [5.74, 6) is 1.38. The normalized spacial score (nSPS) is 10.3. The van der Waals surface area contributed by atoms with Gasteiger partial charge in [-0.15, -0.1) is 0 Å². The van der Waals surface area contributed by atoms with Crippen molar-refractivity contribution < 1.29 is 14.3 Å². The molecule has 0 unspecified atom stereocenters. The summed E-state index contributed by atoms with van der Waals surface area (Å²) < 4.78 is 11.3. The first-order valence-corrected chi connectivity index (χ1v) is 9.61. The van der Waals surface area contributed by atoms with E-state index in [4.69, 9.17) is 9.47 Å². The van der Waals surface area contributed by atoms with Crippen LogP contribution in [0.25, 0.3) is 0 Å². The number of nitrogens with one attached hydrogen (secondary N) is 2. The van der Waals surface area contributed by atoms with Gasteiger partial charge in [-0.05, 0) is 61.4 Å². The molecule has 0 aliphatic rings. The van der Waals surface area contributed by atoms with Crippen molar-refractivity contribution in [2.45, 2.75) is 13.8 Å². The Bertz CT molecular complexity index is 922. The van der Waals surface area contributed by atoms with Crippen molar-refractivity contribution in [1.29, 1.82) is 0 Å². The van der Waals surface area contributed by atoms with Crippen LogP contribution >= 0.6 is 0 Å². The highest BCUT2D eigenvalue weighted by Crippen LogP contribution is 2.18. The highest BCUT2D eigenvalue weighted by atomic mass is 16.5. The number of anilines is 2. The number of rotatable bonds is 9. The fourth-order valence-electron chi connectivity index (χ4n) is 2.96. The van der Waals surface area contributed by atoms with Crippen LogP contribution < -0.4 is 20.1 Å². The van der Waals surface area contributed by atoms with Gasteiger partial charge in [0.2, 0.25) is 5.91 Å². The van der Waals surface area contributed by atoms with Crippen LogP contribution in [-0.4, -0.2) is 25.7 Å². The molecule has 0 aromatic heterocycles. The lowest BCUT2D eigenvalue weighted by Gasteiger charge is -2.11. The molecule has 5 nitrogen and oxygen atoms in total. The van der Waals surface area contributed by atoms with Crippen molar-refractivity contribution in [1.82, 2.24) is 0 Å². The Kier molecular flexibility index (Phi) is 7.11.